The van der Waals surface area contributed by atoms with Gasteiger partial charge in [-0.25, -0.2) is 0 Å². The van der Waals surface area contributed by atoms with E-state index in [-0.39, 0.29) is 0 Å². The Morgan fingerprint density at radius 2 is 1.88 bits per heavy atom. The highest BCUT2D eigenvalue weighted by Gasteiger charge is 2.12. The van der Waals surface area contributed by atoms with E-state index in [2.05, 4.69) is 16.8 Å². The van der Waals surface area contributed by atoms with Gasteiger partial charge in [-0.1, -0.05) is 24.1 Å². The zero-order valence-electron chi connectivity index (χ0n) is 14.0. The molecule has 0 saturated carbocycles. The third kappa shape index (κ3) is 4.15. The van der Waals surface area contributed by atoms with Crippen LogP contribution in [0, 0.1) is 11.8 Å². The third-order valence-corrected chi connectivity index (χ3v) is 3.64. The summed E-state index contributed by atoms with van der Waals surface area (Å²) in [6.07, 6.45) is 0.960. The molecule has 0 aliphatic heterocycles. The normalized spacial score (nSPS) is 11.3. The molecule has 124 valence electrons. The number of nitrogens with zero attached hydrogens (tertiary/aromatic N) is 1. The van der Waals surface area contributed by atoms with E-state index >= 15 is 0 Å². The van der Waals surface area contributed by atoms with Crippen molar-refractivity contribution in [1.29, 1.82) is 0 Å². The summed E-state index contributed by atoms with van der Waals surface area (Å²) < 4.78 is 10.5. The maximum absolute atomic E-state index is 11.3. The lowest BCUT2D eigenvalue weighted by Crippen LogP contribution is -2.08. The smallest absolute Gasteiger partial charge is 0.304 e. The Bertz CT molecular complexity index is 955. The largest absolute Gasteiger partial charge is 0.497 e. The van der Waals surface area contributed by atoms with Gasteiger partial charge >= 0.3 is 5.97 Å². The van der Waals surface area contributed by atoms with Crippen LogP contribution >= 0.6 is 0 Å². The minimum atomic E-state index is -0.690. The molecule has 0 spiro atoms. The Morgan fingerprint density at radius 1 is 1.08 bits per heavy atom. The second kappa shape index (κ2) is 7.50. The average Bonchev–Trinajstić information content (AvgIpc) is 2.65. The molecule has 0 bridgehead atoms. The minimum absolute atomic E-state index is 0.393. The first kappa shape index (κ1) is 16.5. The SMILES string of the molecule is COc1ccc2cc(C#CC(OC(C)=O)c3ccccn3)ccc2c1. The Kier molecular flexibility index (Phi) is 4.96. The van der Waals surface area contributed by atoms with Crippen molar-refractivity contribution in [2.75, 3.05) is 7.11 Å². The first-order chi connectivity index (χ1) is 12.2. The Hall–Kier alpha value is -3.32. The fraction of sp³-hybridized carbons (Fsp3) is 0.143. The Labute approximate surface area is 146 Å². The first-order valence-electron chi connectivity index (χ1n) is 7.83. The van der Waals surface area contributed by atoms with Crippen LogP contribution in [0.25, 0.3) is 10.8 Å². The predicted molar refractivity (Wildman–Crippen MR) is 96.1 cm³/mol. The fourth-order valence-corrected chi connectivity index (χ4v) is 2.44. The summed E-state index contributed by atoms with van der Waals surface area (Å²) in [5, 5.41) is 2.14. The van der Waals surface area contributed by atoms with E-state index in [1.807, 2.05) is 42.5 Å². The van der Waals surface area contributed by atoms with E-state index in [1.165, 1.54) is 6.92 Å². The van der Waals surface area contributed by atoms with E-state index in [9.17, 15) is 4.79 Å². The summed E-state index contributed by atoms with van der Waals surface area (Å²) in [4.78, 5) is 15.6. The summed E-state index contributed by atoms with van der Waals surface area (Å²) in [5.74, 6) is 6.48. The van der Waals surface area contributed by atoms with Crippen LogP contribution in [0.5, 0.6) is 5.75 Å². The number of pyridine rings is 1. The molecule has 3 rings (SSSR count). The number of esters is 1. The monoisotopic (exact) mass is 331 g/mol. The molecule has 0 fully saturated rings. The number of hydrogen-bond acceptors (Lipinski definition) is 4. The maximum atomic E-state index is 11.3. The third-order valence-electron chi connectivity index (χ3n) is 3.64. The molecular weight excluding hydrogens is 314 g/mol. The van der Waals surface area contributed by atoms with Crippen molar-refractivity contribution in [2.45, 2.75) is 13.0 Å². The number of aromatic nitrogens is 1. The molecule has 1 heterocycles. The van der Waals surface area contributed by atoms with Crippen LogP contribution in [0.15, 0.2) is 60.8 Å². The van der Waals surface area contributed by atoms with Crippen LogP contribution < -0.4 is 4.74 Å². The number of rotatable bonds is 3. The zero-order valence-corrected chi connectivity index (χ0v) is 14.0. The Balaban J connectivity index is 1.91. The molecule has 4 heteroatoms. The summed E-state index contributed by atoms with van der Waals surface area (Å²) in [7, 11) is 1.65. The second-order valence-electron chi connectivity index (χ2n) is 5.44. The first-order valence-corrected chi connectivity index (χ1v) is 7.83. The van der Waals surface area contributed by atoms with Crippen molar-refractivity contribution in [3.8, 4) is 17.6 Å². The van der Waals surface area contributed by atoms with Gasteiger partial charge in [-0.05, 0) is 53.1 Å². The molecule has 25 heavy (non-hydrogen) atoms. The summed E-state index contributed by atoms with van der Waals surface area (Å²) in [6, 6.07) is 17.2. The van der Waals surface area contributed by atoms with Crippen molar-refractivity contribution in [3.63, 3.8) is 0 Å². The van der Waals surface area contributed by atoms with Gasteiger partial charge in [0, 0.05) is 18.7 Å². The topological polar surface area (TPSA) is 48.4 Å². The zero-order chi connectivity index (χ0) is 17.6. The molecule has 0 aliphatic rings. The van der Waals surface area contributed by atoms with Crippen LogP contribution in [0.4, 0.5) is 0 Å². The van der Waals surface area contributed by atoms with Gasteiger partial charge in [-0.15, -0.1) is 0 Å². The highest BCUT2D eigenvalue weighted by atomic mass is 16.5. The molecule has 3 aromatic rings. The number of carbonyl (C=O) groups is 1. The molecule has 4 nitrogen and oxygen atoms in total. The second-order valence-corrected chi connectivity index (χ2v) is 5.44. The van der Waals surface area contributed by atoms with Gasteiger partial charge in [0.1, 0.15) is 5.75 Å². The van der Waals surface area contributed by atoms with Crippen molar-refractivity contribution >= 4 is 16.7 Å². The molecule has 1 atom stereocenters. The standard InChI is InChI=1S/C21H17NO3/c1-15(23)25-21(20-5-3-4-12-22-20)11-7-16-6-8-18-14-19(24-2)10-9-17(18)13-16/h3-6,8-10,12-14,21H,1-2H3. The van der Waals surface area contributed by atoms with Crippen LogP contribution in [0.1, 0.15) is 24.3 Å². The number of methoxy groups -OCH3 is 1. The average molecular weight is 331 g/mol. The molecule has 1 unspecified atom stereocenters. The van der Waals surface area contributed by atoms with Gasteiger partial charge in [0.2, 0.25) is 6.10 Å². The van der Waals surface area contributed by atoms with Crippen molar-refractivity contribution in [3.05, 3.63) is 72.1 Å². The lowest BCUT2D eigenvalue weighted by atomic mass is 10.1. The lowest BCUT2D eigenvalue weighted by molar-refractivity contribution is -0.144. The quantitative estimate of drug-likeness (QED) is 0.539. The van der Waals surface area contributed by atoms with Crippen molar-refractivity contribution < 1.29 is 14.3 Å². The number of benzene rings is 2. The molecule has 0 aliphatic carbocycles. The summed E-state index contributed by atoms with van der Waals surface area (Å²) in [5.41, 5.74) is 1.45. The lowest BCUT2D eigenvalue weighted by Gasteiger charge is -2.09. The van der Waals surface area contributed by atoms with E-state index in [1.54, 1.807) is 25.4 Å². The molecular formula is C21H17NO3. The molecule has 0 amide bonds. The van der Waals surface area contributed by atoms with Crippen LogP contribution in [-0.4, -0.2) is 18.1 Å². The van der Waals surface area contributed by atoms with E-state index < -0.39 is 12.1 Å². The van der Waals surface area contributed by atoms with Gasteiger partial charge < -0.3 is 9.47 Å². The van der Waals surface area contributed by atoms with Crippen LogP contribution in [-0.2, 0) is 9.53 Å². The highest BCUT2D eigenvalue weighted by Crippen LogP contribution is 2.22. The van der Waals surface area contributed by atoms with E-state index in [0.29, 0.717) is 5.69 Å². The van der Waals surface area contributed by atoms with Gasteiger partial charge in [0.15, 0.2) is 0 Å². The molecule has 1 aromatic heterocycles. The number of fused-ring (bicyclic) bond motifs is 1. The Morgan fingerprint density at radius 3 is 2.60 bits per heavy atom. The minimum Gasteiger partial charge on any atom is -0.497 e. The molecule has 2 aromatic carbocycles. The molecule has 0 radical (unpaired) electrons. The molecule has 0 saturated heterocycles. The summed E-state index contributed by atoms with van der Waals surface area (Å²) in [6.45, 7) is 1.36. The van der Waals surface area contributed by atoms with Crippen molar-refractivity contribution in [2.24, 2.45) is 0 Å². The van der Waals surface area contributed by atoms with Gasteiger partial charge in [-0.3, -0.25) is 9.78 Å². The van der Waals surface area contributed by atoms with Gasteiger partial charge in [0.25, 0.3) is 0 Å². The van der Waals surface area contributed by atoms with E-state index in [4.69, 9.17) is 9.47 Å². The number of hydrogen-bond donors (Lipinski definition) is 0. The predicted octanol–water partition coefficient (Wildman–Crippen LogP) is 3.90. The number of ether oxygens (including phenoxy) is 2. The van der Waals surface area contributed by atoms with Crippen LogP contribution in [0.3, 0.4) is 0 Å². The van der Waals surface area contributed by atoms with Gasteiger partial charge in [-0.2, -0.15) is 0 Å². The van der Waals surface area contributed by atoms with Gasteiger partial charge in [0.05, 0.1) is 12.8 Å². The summed E-state index contributed by atoms with van der Waals surface area (Å²) >= 11 is 0. The van der Waals surface area contributed by atoms with E-state index in [0.717, 1.165) is 22.1 Å². The van der Waals surface area contributed by atoms with Crippen molar-refractivity contribution in [1.82, 2.24) is 4.98 Å². The molecule has 0 N–H and O–H groups in total. The highest BCUT2D eigenvalue weighted by molar-refractivity contribution is 5.85. The maximum Gasteiger partial charge on any atom is 0.304 e. The fourth-order valence-electron chi connectivity index (χ4n) is 2.44. The number of carbonyl (C=O) groups excluding carboxylic acids is 1. The van der Waals surface area contributed by atoms with Crippen LogP contribution in [0.2, 0.25) is 0 Å².